The highest BCUT2D eigenvalue weighted by Gasteiger charge is 2.12. The first-order valence-corrected chi connectivity index (χ1v) is 5.22. The van der Waals surface area contributed by atoms with Gasteiger partial charge in [0.1, 0.15) is 5.82 Å². The molecule has 2 rings (SSSR count). The highest BCUT2D eigenvalue weighted by atomic mass is 19.1. The van der Waals surface area contributed by atoms with Crippen molar-refractivity contribution in [1.82, 2.24) is 5.16 Å². The number of hydrogen-bond acceptors (Lipinski definition) is 4. The van der Waals surface area contributed by atoms with Crippen LogP contribution in [0.5, 0.6) is 0 Å². The Kier molecular flexibility index (Phi) is 3.27. The third kappa shape index (κ3) is 2.65. The second-order valence-electron chi connectivity index (χ2n) is 3.82. The molecule has 0 fully saturated rings. The van der Waals surface area contributed by atoms with Gasteiger partial charge < -0.3 is 14.5 Å². The van der Waals surface area contributed by atoms with Gasteiger partial charge in [0.05, 0.1) is 6.54 Å². The molecule has 0 aliphatic heterocycles. The van der Waals surface area contributed by atoms with Gasteiger partial charge in [-0.05, 0) is 18.2 Å². The molecule has 94 valence electrons. The Morgan fingerprint density at radius 1 is 1.50 bits per heavy atom. The summed E-state index contributed by atoms with van der Waals surface area (Å²) in [7, 11) is 1.75. The van der Waals surface area contributed by atoms with Crippen molar-refractivity contribution in [2.45, 2.75) is 6.54 Å². The lowest BCUT2D eigenvalue weighted by Gasteiger charge is -2.17. The van der Waals surface area contributed by atoms with E-state index in [1.165, 1.54) is 18.2 Å². The van der Waals surface area contributed by atoms with Crippen LogP contribution in [0.25, 0.3) is 0 Å². The average Bonchev–Trinajstić information content (AvgIpc) is 2.77. The van der Waals surface area contributed by atoms with Crippen LogP contribution in [-0.2, 0) is 6.54 Å². The number of carbonyl (C=O) groups is 1. The maximum atomic E-state index is 13.0. The Labute approximate surface area is 102 Å². The minimum absolute atomic E-state index is 0.141. The van der Waals surface area contributed by atoms with E-state index in [0.29, 0.717) is 18.0 Å². The van der Waals surface area contributed by atoms with E-state index in [2.05, 4.69) is 5.16 Å². The predicted molar refractivity (Wildman–Crippen MR) is 62.0 cm³/mol. The third-order valence-corrected chi connectivity index (χ3v) is 2.42. The number of carboxylic acids is 1. The van der Waals surface area contributed by atoms with E-state index in [-0.39, 0.29) is 11.5 Å². The number of carboxylic acid groups (broad SMARTS) is 1. The molecular weight excluding hydrogens is 239 g/mol. The Hall–Kier alpha value is -2.37. The second kappa shape index (κ2) is 4.87. The molecule has 2 aromatic rings. The highest BCUT2D eigenvalue weighted by Crippen LogP contribution is 2.17. The molecule has 0 unspecified atom stereocenters. The van der Waals surface area contributed by atoms with Gasteiger partial charge in [0, 0.05) is 18.8 Å². The Morgan fingerprint density at radius 3 is 2.89 bits per heavy atom. The quantitative estimate of drug-likeness (QED) is 0.900. The molecule has 5 nitrogen and oxygen atoms in total. The smallest absolute Gasteiger partial charge is 0.358 e. The van der Waals surface area contributed by atoms with Crippen LogP contribution in [0.4, 0.5) is 10.1 Å². The molecule has 0 aliphatic carbocycles. The van der Waals surface area contributed by atoms with E-state index >= 15 is 0 Å². The summed E-state index contributed by atoms with van der Waals surface area (Å²) < 4.78 is 17.9. The van der Waals surface area contributed by atoms with Crippen molar-refractivity contribution in [1.29, 1.82) is 0 Å². The van der Waals surface area contributed by atoms with Gasteiger partial charge >= 0.3 is 5.97 Å². The van der Waals surface area contributed by atoms with Crippen molar-refractivity contribution in [2.24, 2.45) is 0 Å². The number of rotatable bonds is 4. The number of anilines is 1. The first kappa shape index (κ1) is 12.1. The van der Waals surface area contributed by atoms with Crippen LogP contribution in [0, 0.1) is 5.82 Å². The molecule has 0 spiro atoms. The molecule has 1 N–H and O–H groups in total. The summed E-state index contributed by atoms with van der Waals surface area (Å²) in [4.78, 5) is 12.4. The van der Waals surface area contributed by atoms with Crippen molar-refractivity contribution in [3.8, 4) is 0 Å². The molecule has 1 aromatic heterocycles. The summed E-state index contributed by atoms with van der Waals surface area (Å²) in [5.41, 5.74) is 0.529. The highest BCUT2D eigenvalue weighted by molar-refractivity contribution is 5.85. The van der Waals surface area contributed by atoms with Crippen LogP contribution in [0.15, 0.2) is 34.9 Å². The van der Waals surface area contributed by atoms with Crippen LogP contribution in [0.3, 0.4) is 0 Å². The van der Waals surface area contributed by atoms with E-state index in [0.717, 1.165) is 0 Å². The number of nitrogens with zero attached hydrogens (tertiary/aromatic N) is 2. The summed E-state index contributed by atoms with van der Waals surface area (Å²) in [5, 5.41) is 12.1. The van der Waals surface area contributed by atoms with Crippen molar-refractivity contribution in [3.63, 3.8) is 0 Å². The molecule has 0 atom stereocenters. The van der Waals surface area contributed by atoms with Gasteiger partial charge in [0.15, 0.2) is 11.5 Å². The van der Waals surface area contributed by atoms with Crippen LogP contribution >= 0.6 is 0 Å². The molecule has 18 heavy (non-hydrogen) atoms. The van der Waals surface area contributed by atoms with Crippen molar-refractivity contribution in [3.05, 3.63) is 47.6 Å². The van der Waals surface area contributed by atoms with E-state index in [1.807, 2.05) is 0 Å². The molecule has 0 saturated carbocycles. The summed E-state index contributed by atoms with van der Waals surface area (Å²) >= 11 is 0. The largest absolute Gasteiger partial charge is 0.476 e. The fraction of sp³-hybridized carbons (Fsp3) is 0.167. The van der Waals surface area contributed by atoms with Gasteiger partial charge in [-0.1, -0.05) is 11.2 Å². The fourth-order valence-electron chi connectivity index (χ4n) is 1.53. The zero-order chi connectivity index (χ0) is 13.1. The van der Waals surface area contributed by atoms with E-state index in [1.54, 1.807) is 24.1 Å². The fourth-order valence-corrected chi connectivity index (χ4v) is 1.53. The molecule has 0 aliphatic rings. The normalized spacial score (nSPS) is 10.3. The van der Waals surface area contributed by atoms with Crippen LogP contribution in [0.2, 0.25) is 0 Å². The molecule has 0 radical (unpaired) electrons. The van der Waals surface area contributed by atoms with E-state index < -0.39 is 5.97 Å². The number of aromatic carboxylic acids is 1. The molecular formula is C12H11FN2O3. The van der Waals surface area contributed by atoms with Gasteiger partial charge in [0.25, 0.3) is 0 Å². The maximum absolute atomic E-state index is 13.0. The lowest BCUT2D eigenvalue weighted by atomic mass is 10.2. The van der Waals surface area contributed by atoms with Crippen molar-refractivity contribution >= 4 is 11.7 Å². The van der Waals surface area contributed by atoms with Crippen LogP contribution in [-0.4, -0.2) is 23.3 Å². The maximum Gasteiger partial charge on any atom is 0.358 e. The minimum Gasteiger partial charge on any atom is -0.476 e. The molecule has 1 heterocycles. The van der Waals surface area contributed by atoms with Crippen LogP contribution < -0.4 is 4.90 Å². The first-order chi connectivity index (χ1) is 8.56. The predicted octanol–water partition coefficient (Wildman–Crippen LogP) is 2.15. The lowest BCUT2D eigenvalue weighted by Crippen LogP contribution is -2.15. The van der Waals surface area contributed by atoms with Gasteiger partial charge in [-0.3, -0.25) is 0 Å². The molecule has 1 aromatic carbocycles. The molecule has 0 amide bonds. The molecule has 0 bridgehead atoms. The summed E-state index contributed by atoms with van der Waals surface area (Å²) in [6, 6.07) is 7.43. The monoisotopic (exact) mass is 250 g/mol. The standard InChI is InChI=1S/C12H11FN2O3/c1-15(9-4-2-3-8(13)5-9)7-10-6-11(12(16)17)14-18-10/h2-6H,7H2,1H3,(H,16,17). The molecule has 6 heteroatoms. The van der Waals surface area contributed by atoms with Gasteiger partial charge in [-0.2, -0.15) is 0 Å². The Morgan fingerprint density at radius 2 is 2.28 bits per heavy atom. The number of halogens is 1. The number of hydrogen-bond donors (Lipinski definition) is 1. The van der Waals surface area contributed by atoms with E-state index in [4.69, 9.17) is 9.63 Å². The SMILES string of the molecule is CN(Cc1cc(C(=O)O)no1)c1cccc(F)c1. The van der Waals surface area contributed by atoms with Crippen molar-refractivity contribution < 1.29 is 18.8 Å². The first-order valence-electron chi connectivity index (χ1n) is 5.22. The van der Waals surface area contributed by atoms with Gasteiger partial charge in [-0.15, -0.1) is 0 Å². The average molecular weight is 250 g/mol. The third-order valence-electron chi connectivity index (χ3n) is 2.42. The Bertz CT molecular complexity index is 568. The lowest BCUT2D eigenvalue weighted by molar-refractivity contribution is 0.0685. The zero-order valence-corrected chi connectivity index (χ0v) is 9.63. The molecule has 0 saturated heterocycles. The summed E-state index contributed by atoms with van der Waals surface area (Å²) in [6.07, 6.45) is 0. The van der Waals surface area contributed by atoms with Crippen LogP contribution in [0.1, 0.15) is 16.2 Å². The Balaban J connectivity index is 2.11. The van der Waals surface area contributed by atoms with Gasteiger partial charge in [0.2, 0.25) is 0 Å². The summed E-state index contributed by atoms with van der Waals surface area (Å²) in [6.45, 7) is 0.309. The van der Waals surface area contributed by atoms with Crippen molar-refractivity contribution in [2.75, 3.05) is 11.9 Å². The number of aromatic nitrogens is 1. The van der Waals surface area contributed by atoms with Gasteiger partial charge in [-0.25, -0.2) is 9.18 Å². The second-order valence-corrected chi connectivity index (χ2v) is 3.82. The summed E-state index contributed by atoms with van der Waals surface area (Å²) in [5.74, 6) is -1.07. The minimum atomic E-state index is -1.14. The number of benzene rings is 1. The topological polar surface area (TPSA) is 66.6 Å². The zero-order valence-electron chi connectivity index (χ0n) is 9.63. The van der Waals surface area contributed by atoms with E-state index in [9.17, 15) is 9.18 Å².